The minimum atomic E-state index is -2.52. The number of fused-ring (bicyclic) bond motifs is 2. The average molecular weight is 930 g/mol. The fourth-order valence-electron chi connectivity index (χ4n) is 11.5. The zero-order chi connectivity index (χ0) is 47.2. The van der Waals surface area contributed by atoms with E-state index in [0.29, 0.717) is 44.8 Å². The van der Waals surface area contributed by atoms with Gasteiger partial charge in [0.15, 0.2) is 0 Å². The molecule has 4 fully saturated rings. The Labute approximate surface area is 401 Å². The van der Waals surface area contributed by atoms with Crippen molar-refractivity contribution in [2.75, 3.05) is 14.2 Å². The molecule has 9 heteroatoms. The first-order valence-corrected chi connectivity index (χ1v) is 30.6. The minimum absolute atomic E-state index is 0.0199. The van der Waals surface area contributed by atoms with Crippen LogP contribution in [0.3, 0.4) is 0 Å². The lowest BCUT2D eigenvalue weighted by molar-refractivity contribution is -0.171. The highest BCUT2D eigenvalue weighted by Gasteiger charge is 2.63. The largest absolute Gasteiger partial charge is 0.404 e. The number of carbonyl (C=O) groups is 2. The van der Waals surface area contributed by atoms with Gasteiger partial charge in [-0.15, -0.1) is 0 Å². The van der Waals surface area contributed by atoms with Crippen molar-refractivity contribution in [2.45, 2.75) is 128 Å². The van der Waals surface area contributed by atoms with Crippen molar-refractivity contribution in [1.82, 2.24) is 5.06 Å². The first kappa shape index (κ1) is 51.3. The summed E-state index contributed by atoms with van der Waals surface area (Å²) in [4.78, 5) is 28.8. The van der Waals surface area contributed by atoms with Gasteiger partial charge in [-0.1, -0.05) is 213 Å². The number of hydrogen-bond donors (Lipinski definition) is 0. The lowest BCUT2D eigenvalue weighted by atomic mass is 10.1. The van der Waals surface area contributed by atoms with Crippen LogP contribution in [0.2, 0.25) is 20.6 Å². The highest BCUT2D eigenvalue weighted by atomic mass is 28.4. The van der Waals surface area contributed by atoms with Gasteiger partial charge in [0.2, 0.25) is 21.1 Å². The Balaban J connectivity index is 0.000000183. The molecular weight excluding hydrogens is 850 g/mol. The van der Waals surface area contributed by atoms with Gasteiger partial charge in [0.1, 0.15) is 6.29 Å². The molecule has 65 heavy (non-hydrogen) atoms. The molecule has 8 rings (SSSR count). The quantitative estimate of drug-likeness (QED) is 0.0675. The number of aldehydes is 1. The zero-order valence-corrected chi connectivity index (χ0v) is 45.3. The first-order chi connectivity index (χ1) is 30.9. The first-order valence-electron chi connectivity index (χ1n) is 24.7. The summed E-state index contributed by atoms with van der Waals surface area (Å²) in [5.41, 5.74) is 0. The van der Waals surface area contributed by atoms with E-state index in [1.807, 2.05) is 0 Å². The molecule has 4 aromatic rings. The second-order valence-corrected chi connectivity index (χ2v) is 32.7. The van der Waals surface area contributed by atoms with E-state index in [1.54, 1.807) is 14.2 Å². The van der Waals surface area contributed by atoms with Crippen molar-refractivity contribution >= 4 is 64.8 Å². The van der Waals surface area contributed by atoms with Crippen LogP contribution < -0.4 is 20.7 Å². The van der Waals surface area contributed by atoms with E-state index in [2.05, 4.69) is 191 Å². The molecule has 8 atom stereocenters. The molecule has 350 valence electrons. The number of nitrogens with zero attached hydrogens (tertiary/aromatic N) is 1. The van der Waals surface area contributed by atoms with E-state index in [0.717, 1.165) is 43.8 Å². The predicted molar refractivity (Wildman–Crippen MR) is 277 cm³/mol. The summed E-state index contributed by atoms with van der Waals surface area (Å²) in [5, 5.41) is 9.77. The van der Waals surface area contributed by atoms with Crippen LogP contribution in [0.25, 0.3) is 0 Å². The summed E-state index contributed by atoms with van der Waals surface area (Å²) in [7, 11) is -1.72. The van der Waals surface area contributed by atoms with Crippen LogP contribution in [0.15, 0.2) is 121 Å². The number of hydroxylamine groups is 2. The van der Waals surface area contributed by atoms with Gasteiger partial charge in [-0.2, -0.15) is 0 Å². The molecule has 0 bridgehead atoms. The van der Waals surface area contributed by atoms with Crippen molar-refractivity contribution in [1.29, 1.82) is 0 Å². The number of hydrogen-bond acceptors (Lipinski definition) is 5. The molecule has 0 N–H and O–H groups in total. The molecule has 1 amide bonds. The molecule has 0 radical (unpaired) electrons. The third kappa shape index (κ3) is 11.6. The molecule has 4 unspecified atom stereocenters. The van der Waals surface area contributed by atoms with Crippen LogP contribution in [0.5, 0.6) is 0 Å². The SMILES string of the molecule is CC(C)(C)[Si](OC1C[C@@H]2C(C=O)[C@@H]2C1)(c1ccccc1)c1ccccc1.CC(C)[CH2][AlH][CH2]C(C)C.CON(C)C(=O)C1[C@H]2CC(O[Si](c3ccccc3)(c3ccccc3)C(C)(C)C)C[C@@H]12. The van der Waals surface area contributed by atoms with E-state index >= 15 is 0 Å². The summed E-state index contributed by atoms with van der Waals surface area (Å²) in [5.74, 6) is 4.41. The lowest BCUT2D eigenvalue weighted by Gasteiger charge is -2.45. The number of benzene rings is 4. The van der Waals surface area contributed by atoms with E-state index < -0.39 is 16.6 Å². The van der Waals surface area contributed by atoms with Crippen LogP contribution in [0.1, 0.15) is 94.9 Å². The second-order valence-electron chi connectivity index (χ2n) is 22.4. The molecule has 4 aromatic carbocycles. The minimum Gasteiger partial charge on any atom is -0.404 e. The summed E-state index contributed by atoms with van der Waals surface area (Å²) >= 11 is 0.316. The Kier molecular flexibility index (Phi) is 17.2. The summed E-state index contributed by atoms with van der Waals surface area (Å²) < 4.78 is 14.4. The maximum absolute atomic E-state index is 12.5. The maximum Gasteiger partial charge on any atom is 0.261 e. The Morgan fingerprint density at radius 2 is 0.908 bits per heavy atom. The van der Waals surface area contributed by atoms with E-state index in [4.69, 9.17) is 13.7 Å². The van der Waals surface area contributed by atoms with Crippen molar-refractivity contribution in [3.63, 3.8) is 0 Å². The van der Waals surface area contributed by atoms with E-state index in [-0.39, 0.29) is 34.1 Å². The summed E-state index contributed by atoms with van der Waals surface area (Å²) in [6.07, 6.45) is 5.63. The predicted octanol–water partition coefficient (Wildman–Crippen LogP) is 9.97. The Morgan fingerprint density at radius 1 is 0.600 bits per heavy atom. The van der Waals surface area contributed by atoms with Crippen LogP contribution >= 0.6 is 0 Å². The van der Waals surface area contributed by atoms with Gasteiger partial charge in [0, 0.05) is 31.1 Å². The van der Waals surface area contributed by atoms with Crippen LogP contribution in [-0.2, 0) is 23.3 Å². The molecule has 0 aromatic heterocycles. The number of rotatable bonds is 15. The second kappa shape index (κ2) is 21.9. The fourth-order valence-corrected chi connectivity index (χ4v) is 22.8. The molecule has 4 aliphatic rings. The highest BCUT2D eigenvalue weighted by Crippen LogP contribution is 2.60. The van der Waals surface area contributed by atoms with Crippen LogP contribution in [-0.4, -0.2) is 75.5 Å². The summed E-state index contributed by atoms with van der Waals surface area (Å²) in [6, 6.07) is 43.2. The average Bonchev–Trinajstić information content (AvgIpc) is 4.00. The van der Waals surface area contributed by atoms with Gasteiger partial charge in [0.05, 0.1) is 7.11 Å². The van der Waals surface area contributed by atoms with E-state index in [9.17, 15) is 9.59 Å². The van der Waals surface area contributed by atoms with Crippen molar-refractivity contribution < 1.29 is 23.3 Å². The molecule has 4 aliphatic carbocycles. The Bertz CT molecular complexity index is 1980. The Hall–Kier alpha value is -3.13. The van der Waals surface area contributed by atoms with Gasteiger partial charge in [-0.25, -0.2) is 5.06 Å². The van der Waals surface area contributed by atoms with E-state index in [1.165, 1.54) is 36.4 Å². The third-order valence-corrected chi connectivity index (χ3v) is 28.3. The summed E-state index contributed by atoms with van der Waals surface area (Å²) in [6.45, 7) is 23.2. The topological polar surface area (TPSA) is 65.1 Å². The Morgan fingerprint density at radius 3 is 1.17 bits per heavy atom. The fraction of sp³-hybridized carbons (Fsp3) is 0.536. The van der Waals surface area contributed by atoms with Gasteiger partial charge >= 0.3 is 0 Å². The standard InChI is InChI=1S/C25H33NO3Si.C23H28O2Si.2C4H9.Al.H/c1-25(2,3)30(19-12-8-6-9-13-19,20-14-10-7-11-15-20)29-18-16-21-22(17-18)23(21)24(27)26(4)28-5;1-23(2,3)26(18-10-6-4-7-11-18,19-12-8-5-9-13-19)25-17-14-20-21(15-17)22(20)16-24;2*1-4(2)3;;/h6-15,18,21-23H,16-17H2,1-5H3;4-13,16-17,20-22H,14-15H2,1-3H3;2*4H,1H2,2-3H3;;/t18?,21-,22+,23?;17?,20-,21+,22?;;;;. The molecule has 0 saturated heterocycles. The van der Waals surface area contributed by atoms with Crippen molar-refractivity contribution in [3.8, 4) is 0 Å². The molecule has 6 nitrogen and oxygen atoms in total. The number of carbonyl (C=O) groups excluding carboxylic acids is 2. The molecule has 0 heterocycles. The molecule has 0 spiro atoms. The van der Waals surface area contributed by atoms with Gasteiger partial charge in [-0.05, 0) is 80.2 Å². The van der Waals surface area contributed by atoms with Gasteiger partial charge < -0.3 is 13.6 Å². The third-order valence-electron chi connectivity index (χ3n) is 15.0. The van der Waals surface area contributed by atoms with Crippen LogP contribution in [0, 0.1) is 47.3 Å². The smallest absolute Gasteiger partial charge is 0.261 e. The monoisotopic (exact) mass is 930 g/mol. The zero-order valence-electron chi connectivity index (χ0n) is 41.8. The molecular formula is C56H80AlNO5Si2. The van der Waals surface area contributed by atoms with Gasteiger partial charge in [0.25, 0.3) is 16.6 Å². The number of amides is 1. The molecule has 0 aliphatic heterocycles. The highest BCUT2D eigenvalue weighted by molar-refractivity contribution is 7.00. The van der Waals surface area contributed by atoms with Crippen molar-refractivity contribution in [2.24, 2.45) is 47.3 Å². The van der Waals surface area contributed by atoms with Crippen molar-refractivity contribution in [3.05, 3.63) is 121 Å². The van der Waals surface area contributed by atoms with Crippen LogP contribution in [0.4, 0.5) is 0 Å². The molecule has 4 saturated carbocycles. The maximum atomic E-state index is 12.5. The lowest BCUT2D eigenvalue weighted by Crippen LogP contribution is -2.67. The van der Waals surface area contributed by atoms with Gasteiger partial charge in [-0.3, -0.25) is 9.63 Å². The normalized spacial score (nSPS) is 24.5.